The summed E-state index contributed by atoms with van der Waals surface area (Å²) in [6, 6.07) is 5.46. The smallest absolute Gasteiger partial charge is 0.263 e. The van der Waals surface area contributed by atoms with E-state index < -0.39 is 5.25 Å². The number of hydrogen-bond acceptors (Lipinski definition) is 5. The molecule has 7 heteroatoms. The monoisotopic (exact) mass is 402 g/mol. The highest BCUT2D eigenvalue weighted by Gasteiger charge is 2.22. The predicted octanol–water partition coefficient (Wildman–Crippen LogP) is 4.76. The third-order valence-corrected chi connectivity index (χ3v) is 6.54. The van der Waals surface area contributed by atoms with Gasteiger partial charge >= 0.3 is 0 Å². The minimum Gasteiger partial charge on any atom is -0.293 e. The zero-order chi connectivity index (χ0) is 19.7. The predicted molar refractivity (Wildman–Crippen MR) is 110 cm³/mol. The van der Waals surface area contributed by atoms with Crippen LogP contribution >= 0.6 is 23.1 Å². The zero-order valence-corrected chi connectivity index (χ0v) is 16.9. The van der Waals surface area contributed by atoms with Crippen LogP contribution in [0.25, 0.3) is 10.2 Å². The molecule has 3 aromatic rings. The van der Waals surface area contributed by atoms with E-state index in [1.165, 1.54) is 47.4 Å². The van der Waals surface area contributed by atoms with Crippen LogP contribution in [0.3, 0.4) is 0 Å². The van der Waals surface area contributed by atoms with Crippen molar-refractivity contribution in [1.82, 2.24) is 9.55 Å². The summed E-state index contributed by atoms with van der Waals surface area (Å²) in [6.45, 7) is 9.68. The Kier molecular flexibility index (Phi) is 5.62. The molecule has 0 saturated carbocycles. The van der Waals surface area contributed by atoms with Gasteiger partial charge in [-0.3, -0.25) is 14.2 Å². The Balaban J connectivity index is 2.01. The Hall–Kier alpha value is -2.25. The molecule has 0 radical (unpaired) electrons. The first kappa shape index (κ1) is 19.5. The van der Waals surface area contributed by atoms with Crippen molar-refractivity contribution in [2.75, 3.05) is 0 Å². The van der Waals surface area contributed by atoms with Gasteiger partial charge in [0.15, 0.2) is 10.9 Å². The number of Topliss-reactive ketones (excluding diaryl/α,β-unsaturated/α-hetero) is 1. The number of thioether (sulfide) groups is 1. The van der Waals surface area contributed by atoms with E-state index in [2.05, 4.69) is 11.6 Å². The van der Waals surface area contributed by atoms with Crippen LogP contribution in [0.15, 0.2) is 46.9 Å². The SMILES string of the molecule is C=CCn1c(SC(C)C(=O)c2ccc(F)cc2)nc2sc(C)c(C)c2c1=O. The number of aromatic nitrogens is 2. The summed E-state index contributed by atoms with van der Waals surface area (Å²) >= 11 is 2.71. The van der Waals surface area contributed by atoms with Crippen LogP contribution in [0.4, 0.5) is 4.39 Å². The van der Waals surface area contributed by atoms with Gasteiger partial charge in [-0.05, 0) is 50.6 Å². The quantitative estimate of drug-likeness (QED) is 0.258. The second-order valence-electron chi connectivity index (χ2n) is 6.19. The maximum Gasteiger partial charge on any atom is 0.263 e. The molecule has 1 aromatic carbocycles. The number of nitrogens with zero attached hydrogens (tertiary/aromatic N) is 2. The third kappa shape index (κ3) is 3.75. The number of aryl methyl sites for hydroxylation is 2. The van der Waals surface area contributed by atoms with Crippen LogP contribution in [0.2, 0.25) is 0 Å². The van der Waals surface area contributed by atoms with Crippen LogP contribution in [0.5, 0.6) is 0 Å². The van der Waals surface area contributed by atoms with E-state index in [1.54, 1.807) is 17.6 Å². The van der Waals surface area contributed by atoms with Gasteiger partial charge in [-0.2, -0.15) is 0 Å². The summed E-state index contributed by atoms with van der Waals surface area (Å²) < 4.78 is 14.6. The van der Waals surface area contributed by atoms with Crippen molar-refractivity contribution in [3.05, 3.63) is 69.1 Å². The molecule has 0 aliphatic heterocycles. The van der Waals surface area contributed by atoms with E-state index in [4.69, 9.17) is 0 Å². The van der Waals surface area contributed by atoms with Crippen molar-refractivity contribution >= 4 is 39.1 Å². The largest absolute Gasteiger partial charge is 0.293 e. The molecule has 4 nitrogen and oxygen atoms in total. The lowest BCUT2D eigenvalue weighted by atomic mass is 10.1. The first-order valence-corrected chi connectivity index (χ1v) is 10.1. The summed E-state index contributed by atoms with van der Waals surface area (Å²) in [6.07, 6.45) is 1.64. The molecule has 0 bridgehead atoms. The number of halogens is 1. The highest BCUT2D eigenvalue weighted by molar-refractivity contribution is 8.00. The van der Waals surface area contributed by atoms with E-state index in [9.17, 15) is 14.0 Å². The van der Waals surface area contributed by atoms with Crippen molar-refractivity contribution in [3.8, 4) is 0 Å². The van der Waals surface area contributed by atoms with Gasteiger partial charge in [-0.15, -0.1) is 17.9 Å². The summed E-state index contributed by atoms with van der Waals surface area (Å²) in [5.41, 5.74) is 1.25. The molecule has 0 N–H and O–H groups in total. The molecular weight excluding hydrogens is 383 g/mol. The van der Waals surface area contributed by atoms with Crippen LogP contribution in [0, 0.1) is 19.7 Å². The van der Waals surface area contributed by atoms with Crippen LogP contribution in [-0.4, -0.2) is 20.6 Å². The van der Waals surface area contributed by atoms with E-state index >= 15 is 0 Å². The van der Waals surface area contributed by atoms with Gasteiger partial charge in [-0.25, -0.2) is 9.37 Å². The standard InChI is InChI=1S/C20H19FN2O2S2/c1-5-10-23-19(25)16-11(2)12(3)26-18(16)22-20(23)27-13(4)17(24)14-6-8-15(21)9-7-14/h5-9,13H,1,10H2,2-4H3. The van der Waals surface area contributed by atoms with E-state index in [1.807, 2.05) is 13.8 Å². The van der Waals surface area contributed by atoms with Crippen molar-refractivity contribution in [3.63, 3.8) is 0 Å². The summed E-state index contributed by atoms with van der Waals surface area (Å²) in [7, 11) is 0. The number of carbonyl (C=O) groups excluding carboxylic acids is 1. The van der Waals surface area contributed by atoms with Gasteiger partial charge < -0.3 is 0 Å². The van der Waals surface area contributed by atoms with Gasteiger partial charge in [0.25, 0.3) is 5.56 Å². The van der Waals surface area contributed by atoms with Gasteiger partial charge in [0.1, 0.15) is 10.6 Å². The van der Waals surface area contributed by atoms with Crippen LogP contribution < -0.4 is 5.56 Å². The lowest BCUT2D eigenvalue weighted by Gasteiger charge is -2.14. The molecule has 27 heavy (non-hydrogen) atoms. The fourth-order valence-corrected chi connectivity index (χ4v) is 4.81. The molecule has 2 aromatic heterocycles. The highest BCUT2D eigenvalue weighted by Crippen LogP contribution is 2.30. The molecule has 1 atom stereocenters. The van der Waals surface area contributed by atoms with Crippen molar-refractivity contribution in [2.24, 2.45) is 0 Å². The maximum absolute atomic E-state index is 13.1. The minimum absolute atomic E-state index is 0.120. The molecular formula is C20H19FN2O2S2. The Morgan fingerprint density at radius 1 is 1.37 bits per heavy atom. The number of allylic oxidation sites excluding steroid dienone is 1. The maximum atomic E-state index is 13.1. The summed E-state index contributed by atoms with van der Waals surface area (Å²) in [5, 5.41) is 0.635. The van der Waals surface area contributed by atoms with E-state index in [0.717, 1.165) is 10.4 Å². The molecule has 1 unspecified atom stereocenters. The molecule has 0 aliphatic carbocycles. The number of rotatable bonds is 6. The Morgan fingerprint density at radius 3 is 2.67 bits per heavy atom. The third-order valence-electron chi connectivity index (χ3n) is 4.35. The summed E-state index contributed by atoms with van der Waals surface area (Å²) in [5.74, 6) is -0.528. The number of fused-ring (bicyclic) bond motifs is 1. The molecule has 3 rings (SSSR count). The average Bonchev–Trinajstić information content (AvgIpc) is 2.92. The Morgan fingerprint density at radius 2 is 2.04 bits per heavy atom. The number of ketones is 1. The Bertz CT molecular complexity index is 1080. The molecule has 0 aliphatic rings. The molecule has 0 fully saturated rings. The van der Waals surface area contributed by atoms with Crippen molar-refractivity contribution in [2.45, 2.75) is 37.7 Å². The normalized spacial score (nSPS) is 12.3. The van der Waals surface area contributed by atoms with Crippen LogP contribution in [0.1, 0.15) is 27.7 Å². The topological polar surface area (TPSA) is 52.0 Å². The van der Waals surface area contributed by atoms with Crippen molar-refractivity contribution in [1.29, 1.82) is 0 Å². The molecule has 0 saturated heterocycles. The van der Waals surface area contributed by atoms with Gasteiger partial charge in [0.2, 0.25) is 0 Å². The number of thiophene rings is 1. The van der Waals surface area contributed by atoms with Gasteiger partial charge in [0, 0.05) is 17.0 Å². The van der Waals surface area contributed by atoms with Crippen molar-refractivity contribution < 1.29 is 9.18 Å². The molecule has 0 amide bonds. The second kappa shape index (κ2) is 7.78. The lowest BCUT2D eigenvalue weighted by molar-refractivity contribution is 0.0994. The minimum atomic E-state index is -0.474. The van der Waals surface area contributed by atoms with E-state index in [0.29, 0.717) is 27.5 Å². The molecule has 2 heterocycles. The first-order chi connectivity index (χ1) is 12.8. The summed E-state index contributed by atoms with van der Waals surface area (Å²) in [4.78, 5) is 32.0. The number of hydrogen-bond donors (Lipinski definition) is 0. The lowest BCUT2D eigenvalue weighted by Crippen LogP contribution is -2.24. The fourth-order valence-electron chi connectivity index (χ4n) is 2.75. The first-order valence-electron chi connectivity index (χ1n) is 8.41. The highest BCUT2D eigenvalue weighted by atomic mass is 32.2. The van der Waals surface area contributed by atoms with Gasteiger partial charge in [0.05, 0.1) is 10.6 Å². The van der Waals surface area contributed by atoms with E-state index in [-0.39, 0.29) is 17.2 Å². The van der Waals surface area contributed by atoms with Gasteiger partial charge in [-0.1, -0.05) is 17.8 Å². The molecule has 140 valence electrons. The van der Waals surface area contributed by atoms with Crippen LogP contribution in [-0.2, 0) is 6.54 Å². The zero-order valence-electron chi connectivity index (χ0n) is 15.3. The second-order valence-corrected chi connectivity index (χ2v) is 8.70. The average molecular weight is 403 g/mol. The number of benzene rings is 1. The fraction of sp³-hybridized carbons (Fsp3) is 0.250. The Labute approximate surface area is 164 Å². The molecule has 0 spiro atoms. The number of carbonyl (C=O) groups is 1.